The first kappa shape index (κ1) is 36.9. The molecule has 1 amide bonds. The van der Waals surface area contributed by atoms with Crippen molar-refractivity contribution in [3.05, 3.63) is 0 Å². The molecule has 0 spiro atoms. The summed E-state index contributed by atoms with van der Waals surface area (Å²) >= 11 is 0. The van der Waals surface area contributed by atoms with Gasteiger partial charge in [-0.1, -0.05) is 136 Å². The van der Waals surface area contributed by atoms with Crippen LogP contribution in [-0.4, -0.2) is 23.5 Å². The second kappa shape index (κ2) is 26.1. The minimum absolute atomic E-state index is 0.121. The lowest BCUT2D eigenvalue weighted by atomic mass is 9.84. The van der Waals surface area contributed by atoms with Crippen molar-refractivity contribution >= 4 is 11.9 Å². The van der Waals surface area contributed by atoms with E-state index < -0.39 is 17.6 Å². The normalized spacial score (nSPS) is 12.5. The topological polar surface area (TPSA) is 95.4 Å². The van der Waals surface area contributed by atoms with Gasteiger partial charge in [-0.25, -0.2) is 0 Å². The molecule has 0 fully saturated rings. The molecule has 0 aromatic rings. The first-order valence-corrected chi connectivity index (χ1v) is 16.7. The first-order chi connectivity index (χ1) is 18.4. The van der Waals surface area contributed by atoms with E-state index in [0.29, 0.717) is 0 Å². The minimum Gasteiger partial charge on any atom is -0.458 e. The number of hydrogen-bond acceptors (Lipinski definition) is 4. The maximum Gasteiger partial charge on any atom is 0.323 e. The molecule has 0 unspecified atom stereocenters. The van der Waals surface area contributed by atoms with Crippen LogP contribution in [0.4, 0.5) is 0 Å². The molecule has 0 heterocycles. The summed E-state index contributed by atoms with van der Waals surface area (Å²) in [4.78, 5) is 24.3. The fourth-order valence-electron chi connectivity index (χ4n) is 5.45. The van der Waals surface area contributed by atoms with Gasteiger partial charge in [0.2, 0.25) is 5.91 Å². The highest BCUT2D eigenvalue weighted by Crippen LogP contribution is 2.33. The maximum atomic E-state index is 13.1. The number of unbranched alkanes of at least 4 members (excludes halogenated alkanes) is 18. The van der Waals surface area contributed by atoms with Gasteiger partial charge in [0, 0.05) is 6.42 Å². The lowest BCUT2D eigenvalue weighted by molar-refractivity contribution is -0.165. The zero-order valence-electron chi connectivity index (χ0n) is 25.8. The van der Waals surface area contributed by atoms with Gasteiger partial charge in [0.25, 0.3) is 0 Å². The molecule has 5 nitrogen and oxygen atoms in total. The summed E-state index contributed by atoms with van der Waals surface area (Å²) in [5, 5.41) is 0. The molecule has 0 aromatic heterocycles. The van der Waals surface area contributed by atoms with E-state index in [-0.39, 0.29) is 18.8 Å². The summed E-state index contributed by atoms with van der Waals surface area (Å²) < 4.78 is 6.34. The number of esters is 1. The van der Waals surface area contributed by atoms with E-state index in [4.69, 9.17) is 16.2 Å². The van der Waals surface area contributed by atoms with E-state index in [0.717, 1.165) is 38.5 Å². The fraction of sp³-hybridized carbons (Fsp3) is 0.939. The van der Waals surface area contributed by atoms with Crippen LogP contribution in [-0.2, 0) is 14.3 Å². The van der Waals surface area contributed by atoms with Gasteiger partial charge in [-0.05, 0) is 44.9 Å². The van der Waals surface area contributed by atoms with Gasteiger partial charge in [0.1, 0.15) is 11.6 Å². The van der Waals surface area contributed by atoms with Crippen LogP contribution in [0.3, 0.4) is 0 Å². The number of nitrogens with two attached hydrogens (primary N) is 2. The molecule has 0 aliphatic heterocycles. The Labute approximate surface area is 237 Å². The Hall–Kier alpha value is -1.10. The molecule has 1 atom stereocenters. The zero-order chi connectivity index (χ0) is 28.3. The van der Waals surface area contributed by atoms with E-state index >= 15 is 0 Å². The van der Waals surface area contributed by atoms with Crippen LogP contribution in [0.25, 0.3) is 0 Å². The first-order valence-electron chi connectivity index (χ1n) is 16.7. The Morgan fingerprint density at radius 3 is 1.21 bits per heavy atom. The van der Waals surface area contributed by atoms with Crippen molar-refractivity contribution in [1.82, 2.24) is 0 Å². The number of carbonyl (C=O) groups is 2. The van der Waals surface area contributed by atoms with Crippen LogP contribution in [0.1, 0.15) is 188 Å². The van der Waals surface area contributed by atoms with Crippen molar-refractivity contribution in [2.24, 2.45) is 11.5 Å². The molecular weight excluding hydrogens is 472 g/mol. The van der Waals surface area contributed by atoms with Crippen molar-refractivity contribution < 1.29 is 14.3 Å². The van der Waals surface area contributed by atoms with Gasteiger partial charge in [0.05, 0.1) is 0 Å². The second-order valence-corrected chi connectivity index (χ2v) is 11.8. The SMILES string of the molecule is CCCCCCCCCCCC(CCCCCCCC)(CCCCCCCC)OC(=O)[C@@H](N)CCC(N)=O. The van der Waals surface area contributed by atoms with Crippen LogP contribution in [0.5, 0.6) is 0 Å². The third-order valence-electron chi connectivity index (χ3n) is 8.03. The van der Waals surface area contributed by atoms with Crippen molar-refractivity contribution in [3.63, 3.8) is 0 Å². The molecule has 0 saturated carbocycles. The lowest BCUT2D eigenvalue weighted by Gasteiger charge is -2.35. The summed E-state index contributed by atoms with van der Waals surface area (Å²) in [5.41, 5.74) is 11.0. The highest BCUT2D eigenvalue weighted by Gasteiger charge is 2.34. The predicted molar refractivity (Wildman–Crippen MR) is 163 cm³/mol. The molecule has 0 rings (SSSR count). The largest absolute Gasteiger partial charge is 0.458 e. The number of amides is 1. The smallest absolute Gasteiger partial charge is 0.323 e. The molecule has 0 saturated heterocycles. The highest BCUT2D eigenvalue weighted by atomic mass is 16.6. The zero-order valence-corrected chi connectivity index (χ0v) is 25.8. The van der Waals surface area contributed by atoms with Gasteiger partial charge in [-0.2, -0.15) is 0 Å². The monoisotopic (exact) mass is 539 g/mol. The summed E-state index contributed by atoms with van der Waals surface area (Å²) in [7, 11) is 0. The molecule has 0 aliphatic rings. The Balaban J connectivity index is 5.11. The van der Waals surface area contributed by atoms with E-state index in [1.165, 1.54) is 116 Å². The number of hydrogen-bond donors (Lipinski definition) is 2. The molecule has 0 radical (unpaired) electrons. The summed E-state index contributed by atoms with van der Waals surface area (Å²) in [6.07, 6.45) is 29.5. The van der Waals surface area contributed by atoms with Gasteiger partial charge < -0.3 is 16.2 Å². The minimum atomic E-state index is -0.779. The maximum absolute atomic E-state index is 13.1. The quantitative estimate of drug-likeness (QED) is 0.0732. The Bertz CT molecular complexity index is 536. The number of primary amides is 1. The number of ether oxygens (including phenoxy) is 1. The van der Waals surface area contributed by atoms with Crippen LogP contribution >= 0.6 is 0 Å². The van der Waals surface area contributed by atoms with Crippen molar-refractivity contribution in [1.29, 1.82) is 0 Å². The van der Waals surface area contributed by atoms with Crippen molar-refractivity contribution in [3.8, 4) is 0 Å². The second-order valence-electron chi connectivity index (χ2n) is 11.8. The molecule has 5 heteroatoms. The summed E-state index contributed by atoms with van der Waals surface area (Å²) in [6.45, 7) is 6.76. The number of rotatable bonds is 29. The third kappa shape index (κ3) is 21.8. The van der Waals surface area contributed by atoms with Crippen LogP contribution in [0.2, 0.25) is 0 Å². The summed E-state index contributed by atoms with van der Waals surface area (Å²) in [5.74, 6) is -0.771. The van der Waals surface area contributed by atoms with Gasteiger partial charge >= 0.3 is 5.97 Å². The van der Waals surface area contributed by atoms with Crippen LogP contribution in [0, 0.1) is 0 Å². The molecule has 38 heavy (non-hydrogen) atoms. The van der Waals surface area contributed by atoms with E-state index in [1.54, 1.807) is 0 Å². The van der Waals surface area contributed by atoms with Crippen LogP contribution < -0.4 is 11.5 Å². The van der Waals surface area contributed by atoms with Gasteiger partial charge in [-0.15, -0.1) is 0 Å². The van der Waals surface area contributed by atoms with Gasteiger partial charge in [0.15, 0.2) is 0 Å². The number of carbonyl (C=O) groups excluding carboxylic acids is 2. The summed E-state index contributed by atoms with van der Waals surface area (Å²) in [6, 6.07) is -0.779. The molecule has 4 N–H and O–H groups in total. The fourth-order valence-corrected chi connectivity index (χ4v) is 5.45. The Morgan fingerprint density at radius 1 is 0.579 bits per heavy atom. The predicted octanol–water partition coefficient (Wildman–Crippen LogP) is 9.28. The molecule has 0 bridgehead atoms. The van der Waals surface area contributed by atoms with Gasteiger partial charge in [-0.3, -0.25) is 9.59 Å². The Kier molecular flexibility index (Phi) is 25.4. The molecule has 0 aliphatic carbocycles. The van der Waals surface area contributed by atoms with E-state index in [2.05, 4.69) is 20.8 Å². The van der Waals surface area contributed by atoms with E-state index in [9.17, 15) is 9.59 Å². The lowest BCUT2D eigenvalue weighted by Crippen LogP contribution is -2.42. The average Bonchev–Trinajstić information content (AvgIpc) is 2.90. The third-order valence-corrected chi connectivity index (χ3v) is 8.03. The van der Waals surface area contributed by atoms with Crippen molar-refractivity contribution in [2.45, 2.75) is 199 Å². The molecular formula is C33H66N2O3. The average molecular weight is 539 g/mol. The van der Waals surface area contributed by atoms with E-state index in [1.807, 2.05) is 0 Å². The molecule has 0 aromatic carbocycles. The van der Waals surface area contributed by atoms with Crippen molar-refractivity contribution in [2.75, 3.05) is 0 Å². The standard InChI is InChI=1S/C33H66N2O3/c1-4-7-10-13-16-17-18-21-24-29-33(27-22-19-14-11-8-5-2,28-23-20-15-12-9-6-3)38-32(37)30(34)25-26-31(35)36/h30H,4-29,34H2,1-3H3,(H2,35,36)/t30-/m0/s1. The van der Waals surface area contributed by atoms with Crippen LogP contribution in [0.15, 0.2) is 0 Å². The highest BCUT2D eigenvalue weighted by molar-refractivity contribution is 5.78. The molecule has 226 valence electrons. The Morgan fingerprint density at radius 2 is 0.895 bits per heavy atom.